The second-order valence-electron chi connectivity index (χ2n) is 5.38. The average molecular weight is 223 g/mol. The largest absolute Gasteiger partial charge is 0.396 e. The normalized spacial score (nSPS) is 32.6. The van der Waals surface area contributed by atoms with E-state index in [1.807, 2.05) is 0 Å². The Kier molecular flexibility index (Phi) is 4.86. The summed E-state index contributed by atoms with van der Waals surface area (Å²) in [5, 5.41) is 12.8. The molecule has 92 valence electrons. The Morgan fingerprint density at radius 3 is 2.31 bits per heavy atom. The summed E-state index contributed by atoms with van der Waals surface area (Å²) in [7, 11) is 0. The fourth-order valence-corrected chi connectivity index (χ4v) is 2.96. The molecule has 2 heteroatoms. The van der Waals surface area contributed by atoms with Crippen molar-refractivity contribution in [1.82, 2.24) is 5.32 Å². The van der Waals surface area contributed by atoms with Gasteiger partial charge in [-0.25, -0.2) is 0 Å². The first kappa shape index (κ1) is 12.1. The van der Waals surface area contributed by atoms with Crippen molar-refractivity contribution in [3.8, 4) is 0 Å². The molecule has 16 heavy (non-hydrogen) atoms. The highest BCUT2D eigenvalue weighted by atomic mass is 16.3. The Morgan fingerprint density at radius 1 is 1.00 bits per heavy atom. The molecular weight excluding hydrogens is 198 g/mol. The van der Waals surface area contributed by atoms with E-state index in [1.165, 1.54) is 44.9 Å². The van der Waals surface area contributed by atoms with Gasteiger partial charge in [-0.15, -0.1) is 0 Å². The van der Waals surface area contributed by atoms with Gasteiger partial charge in [-0.1, -0.05) is 44.3 Å². The van der Waals surface area contributed by atoms with Crippen molar-refractivity contribution in [1.29, 1.82) is 0 Å². The number of rotatable bonds is 3. The molecule has 0 spiro atoms. The molecule has 0 aliphatic heterocycles. The van der Waals surface area contributed by atoms with Gasteiger partial charge in [0.05, 0.1) is 0 Å². The Labute approximate surface area is 99.1 Å². The Morgan fingerprint density at radius 2 is 1.69 bits per heavy atom. The topological polar surface area (TPSA) is 32.3 Å². The lowest BCUT2D eigenvalue weighted by Gasteiger charge is -2.24. The van der Waals surface area contributed by atoms with Crippen molar-refractivity contribution in [2.24, 2.45) is 5.92 Å². The predicted molar refractivity (Wildman–Crippen MR) is 67.4 cm³/mol. The number of hydrogen-bond donors (Lipinski definition) is 2. The first-order chi connectivity index (χ1) is 7.88. The zero-order chi connectivity index (χ0) is 11.2. The highest BCUT2D eigenvalue weighted by Gasteiger charge is 2.21. The fraction of sp³-hybridized carbons (Fsp3) is 0.857. The first-order valence-electron chi connectivity index (χ1n) is 6.93. The van der Waals surface area contributed by atoms with E-state index in [0.717, 1.165) is 6.42 Å². The molecule has 0 bridgehead atoms. The third-order valence-corrected chi connectivity index (χ3v) is 3.96. The van der Waals surface area contributed by atoms with Gasteiger partial charge in [0, 0.05) is 24.6 Å². The number of aliphatic hydroxyl groups excluding tert-OH is 1. The van der Waals surface area contributed by atoms with Crippen molar-refractivity contribution < 1.29 is 5.11 Å². The molecule has 2 rings (SSSR count). The molecule has 2 N–H and O–H groups in total. The van der Waals surface area contributed by atoms with E-state index < -0.39 is 0 Å². The SMILES string of the molecule is OC[C@H]1C=C[C@@H](NC2CCCCCCC2)C1. The van der Waals surface area contributed by atoms with E-state index in [1.54, 1.807) is 0 Å². The quantitative estimate of drug-likeness (QED) is 0.721. The minimum absolute atomic E-state index is 0.305. The number of nitrogens with one attached hydrogen (secondary N) is 1. The van der Waals surface area contributed by atoms with E-state index in [9.17, 15) is 0 Å². The average Bonchev–Trinajstić information content (AvgIpc) is 2.69. The van der Waals surface area contributed by atoms with Gasteiger partial charge in [0.15, 0.2) is 0 Å². The van der Waals surface area contributed by atoms with Crippen LogP contribution in [0.5, 0.6) is 0 Å². The van der Waals surface area contributed by atoms with E-state index in [2.05, 4.69) is 17.5 Å². The molecule has 0 aromatic heterocycles. The van der Waals surface area contributed by atoms with Gasteiger partial charge in [-0.3, -0.25) is 0 Å². The van der Waals surface area contributed by atoms with Crippen molar-refractivity contribution in [3.05, 3.63) is 12.2 Å². The molecule has 2 aliphatic rings. The monoisotopic (exact) mass is 223 g/mol. The summed E-state index contributed by atoms with van der Waals surface area (Å²) in [4.78, 5) is 0. The molecule has 2 aliphatic carbocycles. The maximum absolute atomic E-state index is 9.09. The highest BCUT2D eigenvalue weighted by molar-refractivity contribution is 5.06. The van der Waals surface area contributed by atoms with Crippen molar-refractivity contribution in [3.63, 3.8) is 0 Å². The second-order valence-corrected chi connectivity index (χ2v) is 5.38. The highest BCUT2D eigenvalue weighted by Crippen LogP contribution is 2.21. The molecule has 2 atom stereocenters. The van der Waals surface area contributed by atoms with Crippen LogP contribution in [0.15, 0.2) is 12.2 Å². The van der Waals surface area contributed by atoms with E-state index in [-0.39, 0.29) is 0 Å². The van der Waals surface area contributed by atoms with Crippen LogP contribution in [0.1, 0.15) is 51.4 Å². The van der Waals surface area contributed by atoms with Gasteiger partial charge < -0.3 is 10.4 Å². The molecule has 2 nitrogen and oxygen atoms in total. The van der Waals surface area contributed by atoms with Crippen molar-refractivity contribution >= 4 is 0 Å². The van der Waals surface area contributed by atoms with Crippen LogP contribution >= 0.6 is 0 Å². The third kappa shape index (κ3) is 3.60. The fourth-order valence-electron chi connectivity index (χ4n) is 2.96. The van der Waals surface area contributed by atoms with E-state index in [4.69, 9.17) is 5.11 Å². The molecule has 0 unspecified atom stereocenters. The van der Waals surface area contributed by atoms with E-state index in [0.29, 0.717) is 24.6 Å². The summed E-state index contributed by atoms with van der Waals surface area (Å²) in [6.45, 7) is 0.305. The summed E-state index contributed by atoms with van der Waals surface area (Å²) in [6.07, 6.45) is 15.2. The zero-order valence-electron chi connectivity index (χ0n) is 10.2. The van der Waals surface area contributed by atoms with Gasteiger partial charge >= 0.3 is 0 Å². The van der Waals surface area contributed by atoms with Gasteiger partial charge in [-0.2, -0.15) is 0 Å². The third-order valence-electron chi connectivity index (χ3n) is 3.96. The lowest BCUT2D eigenvalue weighted by molar-refractivity contribution is 0.243. The molecular formula is C14H25NO. The maximum atomic E-state index is 9.09. The van der Waals surface area contributed by atoms with Gasteiger partial charge in [0.2, 0.25) is 0 Å². The van der Waals surface area contributed by atoms with Crippen molar-refractivity contribution in [2.75, 3.05) is 6.61 Å². The summed E-state index contributed by atoms with van der Waals surface area (Å²) >= 11 is 0. The standard InChI is InChI=1S/C14H25NO/c16-11-12-8-9-14(10-12)15-13-6-4-2-1-3-5-7-13/h8-9,12-16H,1-7,10-11H2/t12-,14+/m0/s1. The Bertz CT molecular complexity index is 219. The lowest BCUT2D eigenvalue weighted by Crippen LogP contribution is -2.37. The van der Waals surface area contributed by atoms with Crippen LogP contribution in [0.4, 0.5) is 0 Å². The lowest BCUT2D eigenvalue weighted by atomic mass is 9.96. The van der Waals surface area contributed by atoms with Crippen LogP contribution in [-0.2, 0) is 0 Å². The molecule has 1 fully saturated rings. The molecule has 0 aromatic carbocycles. The summed E-state index contributed by atoms with van der Waals surface area (Å²) in [5.74, 6) is 0.394. The van der Waals surface area contributed by atoms with Gasteiger partial charge in [-0.05, 0) is 19.3 Å². The molecule has 0 heterocycles. The van der Waals surface area contributed by atoms with Crippen LogP contribution in [0, 0.1) is 5.92 Å². The van der Waals surface area contributed by atoms with Crippen LogP contribution in [-0.4, -0.2) is 23.8 Å². The zero-order valence-corrected chi connectivity index (χ0v) is 10.2. The Hall–Kier alpha value is -0.340. The van der Waals surface area contributed by atoms with Crippen LogP contribution in [0.2, 0.25) is 0 Å². The van der Waals surface area contributed by atoms with Gasteiger partial charge in [0.25, 0.3) is 0 Å². The van der Waals surface area contributed by atoms with Crippen LogP contribution in [0.25, 0.3) is 0 Å². The van der Waals surface area contributed by atoms with Gasteiger partial charge in [0.1, 0.15) is 0 Å². The summed E-state index contributed by atoms with van der Waals surface area (Å²) < 4.78 is 0. The maximum Gasteiger partial charge on any atom is 0.0494 e. The summed E-state index contributed by atoms with van der Waals surface area (Å²) in [5.41, 5.74) is 0. The minimum Gasteiger partial charge on any atom is -0.396 e. The summed E-state index contributed by atoms with van der Waals surface area (Å²) in [6, 6.07) is 1.23. The molecule has 1 saturated carbocycles. The number of aliphatic hydroxyl groups is 1. The van der Waals surface area contributed by atoms with E-state index >= 15 is 0 Å². The van der Waals surface area contributed by atoms with Crippen molar-refractivity contribution in [2.45, 2.75) is 63.5 Å². The Balaban J connectivity index is 1.73. The minimum atomic E-state index is 0.305. The molecule has 0 radical (unpaired) electrons. The first-order valence-corrected chi connectivity index (χ1v) is 6.93. The smallest absolute Gasteiger partial charge is 0.0494 e. The number of hydrogen-bond acceptors (Lipinski definition) is 2. The molecule has 0 aromatic rings. The molecule has 0 saturated heterocycles. The predicted octanol–water partition coefficient (Wildman–Crippen LogP) is 2.63. The second kappa shape index (κ2) is 6.41. The van der Waals surface area contributed by atoms with Crippen LogP contribution in [0.3, 0.4) is 0 Å². The van der Waals surface area contributed by atoms with Crippen LogP contribution < -0.4 is 5.32 Å². The molecule has 0 amide bonds.